The molecule has 21 heavy (non-hydrogen) atoms. The number of fused-ring (bicyclic) bond motifs is 1. The number of nitrogens with one attached hydrogen (secondary N) is 1. The zero-order chi connectivity index (χ0) is 15.6. The van der Waals surface area contributed by atoms with Gasteiger partial charge in [-0.3, -0.25) is 4.79 Å². The zero-order valence-electron chi connectivity index (χ0n) is 11.8. The van der Waals surface area contributed by atoms with E-state index < -0.39 is 17.9 Å². The molecule has 0 radical (unpaired) electrons. The van der Waals surface area contributed by atoms with Crippen molar-refractivity contribution in [3.05, 3.63) is 42.0 Å². The van der Waals surface area contributed by atoms with Crippen LogP contribution >= 0.6 is 0 Å². The first-order valence-electron chi connectivity index (χ1n) is 6.65. The molecule has 0 bridgehead atoms. The van der Waals surface area contributed by atoms with Gasteiger partial charge >= 0.3 is 5.97 Å². The number of aliphatic carboxylic acids is 1. The number of carbonyl (C=O) groups is 2. The van der Waals surface area contributed by atoms with E-state index in [0.29, 0.717) is 0 Å². The summed E-state index contributed by atoms with van der Waals surface area (Å²) < 4.78 is 0. The Balaban J connectivity index is 2.34. The number of rotatable bonds is 4. The molecule has 1 amide bonds. The number of carboxylic acids is 1. The van der Waals surface area contributed by atoms with E-state index in [1.54, 1.807) is 19.9 Å². The molecule has 5 nitrogen and oxygen atoms in total. The molecule has 0 aliphatic heterocycles. The second-order valence-electron chi connectivity index (χ2n) is 5.25. The Morgan fingerprint density at radius 3 is 2.19 bits per heavy atom. The van der Waals surface area contributed by atoms with Crippen molar-refractivity contribution in [2.75, 3.05) is 0 Å². The lowest BCUT2D eigenvalue weighted by atomic mass is 10.0. The zero-order valence-corrected chi connectivity index (χ0v) is 11.8. The minimum Gasteiger partial charge on any atom is -0.507 e. The number of benzene rings is 2. The number of aromatic hydroxyl groups is 1. The SMILES string of the molecule is CC(C)C(NC(=O)c1cc2ccccc2cc1O)C(=O)O. The van der Waals surface area contributed by atoms with Gasteiger partial charge in [-0.05, 0) is 28.8 Å². The molecule has 0 heterocycles. The van der Waals surface area contributed by atoms with E-state index >= 15 is 0 Å². The summed E-state index contributed by atoms with van der Waals surface area (Å²) in [5.74, 6) is -2.12. The van der Waals surface area contributed by atoms with Crippen LogP contribution in [0.2, 0.25) is 0 Å². The average molecular weight is 287 g/mol. The Hall–Kier alpha value is -2.56. The fraction of sp³-hybridized carbons (Fsp3) is 0.250. The first kappa shape index (κ1) is 14.8. The number of amides is 1. The summed E-state index contributed by atoms with van der Waals surface area (Å²) in [5, 5.41) is 23.1. The lowest BCUT2D eigenvalue weighted by Crippen LogP contribution is -2.44. The number of phenols is 1. The molecule has 1 unspecified atom stereocenters. The Morgan fingerprint density at radius 2 is 1.67 bits per heavy atom. The number of carboxylic acid groups (broad SMARTS) is 1. The van der Waals surface area contributed by atoms with Crippen LogP contribution in [0.25, 0.3) is 10.8 Å². The molecule has 0 aromatic heterocycles. The van der Waals surface area contributed by atoms with Gasteiger partial charge in [-0.2, -0.15) is 0 Å². The predicted octanol–water partition coefficient (Wildman–Crippen LogP) is 2.38. The number of hydrogen-bond acceptors (Lipinski definition) is 3. The Labute approximate surface area is 122 Å². The van der Waals surface area contributed by atoms with Gasteiger partial charge in [0.05, 0.1) is 5.56 Å². The molecule has 0 saturated carbocycles. The van der Waals surface area contributed by atoms with E-state index in [0.717, 1.165) is 10.8 Å². The van der Waals surface area contributed by atoms with Crippen molar-refractivity contribution in [3.8, 4) is 5.75 Å². The van der Waals surface area contributed by atoms with Crippen LogP contribution in [-0.2, 0) is 4.79 Å². The van der Waals surface area contributed by atoms with Crippen LogP contribution < -0.4 is 5.32 Å². The maximum Gasteiger partial charge on any atom is 0.326 e. The van der Waals surface area contributed by atoms with Crippen molar-refractivity contribution < 1.29 is 19.8 Å². The highest BCUT2D eigenvalue weighted by Gasteiger charge is 2.25. The molecule has 1 atom stereocenters. The van der Waals surface area contributed by atoms with E-state index in [1.807, 2.05) is 24.3 Å². The molecule has 5 heteroatoms. The van der Waals surface area contributed by atoms with Gasteiger partial charge < -0.3 is 15.5 Å². The molecule has 0 fully saturated rings. The fourth-order valence-corrected chi connectivity index (χ4v) is 2.14. The molecular weight excluding hydrogens is 270 g/mol. The van der Waals surface area contributed by atoms with Gasteiger partial charge in [-0.15, -0.1) is 0 Å². The van der Waals surface area contributed by atoms with Crippen LogP contribution in [0, 0.1) is 5.92 Å². The molecule has 0 aliphatic rings. The Kier molecular flexibility index (Phi) is 4.12. The third kappa shape index (κ3) is 3.13. The summed E-state index contributed by atoms with van der Waals surface area (Å²) in [6, 6.07) is 9.36. The fourth-order valence-electron chi connectivity index (χ4n) is 2.14. The first-order chi connectivity index (χ1) is 9.90. The third-order valence-corrected chi connectivity index (χ3v) is 3.33. The maximum absolute atomic E-state index is 12.2. The summed E-state index contributed by atoms with van der Waals surface area (Å²) in [4.78, 5) is 23.3. The molecule has 2 aromatic carbocycles. The summed E-state index contributed by atoms with van der Waals surface area (Å²) in [6.45, 7) is 3.42. The molecule has 3 N–H and O–H groups in total. The summed E-state index contributed by atoms with van der Waals surface area (Å²) in [6.07, 6.45) is 0. The summed E-state index contributed by atoms with van der Waals surface area (Å²) in [7, 11) is 0. The number of hydrogen-bond donors (Lipinski definition) is 3. The van der Waals surface area contributed by atoms with Crippen LogP contribution in [0.3, 0.4) is 0 Å². The van der Waals surface area contributed by atoms with Crippen molar-refractivity contribution in [1.82, 2.24) is 5.32 Å². The predicted molar refractivity (Wildman–Crippen MR) is 79.3 cm³/mol. The number of carbonyl (C=O) groups excluding carboxylic acids is 1. The lowest BCUT2D eigenvalue weighted by molar-refractivity contribution is -0.140. The summed E-state index contributed by atoms with van der Waals surface area (Å²) in [5.41, 5.74) is 0.0700. The van der Waals surface area contributed by atoms with E-state index in [-0.39, 0.29) is 17.2 Å². The monoisotopic (exact) mass is 287 g/mol. The van der Waals surface area contributed by atoms with Gasteiger partial charge in [0, 0.05) is 0 Å². The highest BCUT2D eigenvalue weighted by molar-refractivity contribution is 6.02. The van der Waals surface area contributed by atoms with Crippen LogP contribution in [0.5, 0.6) is 5.75 Å². The van der Waals surface area contributed by atoms with Gasteiger partial charge in [-0.1, -0.05) is 38.1 Å². The Morgan fingerprint density at radius 1 is 1.10 bits per heavy atom. The van der Waals surface area contributed by atoms with E-state index in [2.05, 4.69) is 5.32 Å². The van der Waals surface area contributed by atoms with Crippen LogP contribution in [0.1, 0.15) is 24.2 Å². The van der Waals surface area contributed by atoms with Gasteiger partial charge in [0.2, 0.25) is 0 Å². The van der Waals surface area contributed by atoms with Crippen LogP contribution in [0.15, 0.2) is 36.4 Å². The molecule has 0 saturated heterocycles. The van der Waals surface area contributed by atoms with Gasteiger partial charge in [0.25, 0.3) is 5.91 Å². The minimum atomic E-state index is -1.10. The van der Waals surface area contributed by atoms with E-state index in [9.17, 15) is 14.7 Å². The highest BCUT2D eigenvalue weighted by Crippen LogP contribution is 2.25. The number of phenolic OH excluding ortho intramolecular Hbond substituents is 1. The largest absolute Gasteiger partial charge is 0.507 e. The molecule has 110 valence electrons. The van der Waals surface area contributed by atoms with Crippen LogP contribution in [-0.4, -0.2) is 28.1 Å². The lowest BCUT2D eigenvalue weighted by Gasteiger charge is -2.18. The normalized spacial score (nSPS) is 12.3. The van der Waals surface area contributed by atoms with Gasteiger partial charge in [-0.25, -0.2) is 4.79 Å². The van der Waals surface area contributed by atoms with Crippen molar-refractivity contribution in [2.45, 2.75) is 19.9 Å². The van der Waals surface area contributed by atoms with Crippen molar-refractivity contribution >= 4 is 22.6 Å². The molecule has 2 rings (SSSR count). The maximum atomic E-state index is 12.2. The first-order valence-corrected chi connectivity index (χ1v) is 6.65. The standard InChI is InChI=1S/C16H17NO4/c1-9(2)14(16(20)21)17-15(19)12-7-10-5-3-4-6-11(10)8-13(12)18/h3-9,14,18H,1-2H3,(H,17,19)(H,20,21). The highest BCUT2D eigenvalue weighted by atomic mass is 16.4. The quantitative estimate of drug-likeness (QED) is 0.805. The Bertz CT molecular complexity index is 694. The summed E-state index contributed by atoms with van der Waals surface area (Å²) >= 11 is 0. The third-order valence-electron chi connectivity index (χ3n) is 3.33. The van der Waals surface area contributed by atoms with Gasteiger partial charge in [0.15, 0.2) is 0 Å². The average Bonchev–Trinajstić information content (AvgIpc) is 2.43. The molecule has 0 spiro atoms. The second kappa shape index (κ2) is 5.83. The molecular formula is C16H17NO4. The van der Waals surface area contributed by atoms with E-state index in [4.69, 9.17) is 5.11 Å². The second-order valence-corrected chi connectivity index (χ2v) is 5.25. The molecule has 0 aliphatic carbocycles. The van der Waals surface area contributed by atoms with Crippen molar-refractivity contribution in [3.63, 3.8) is 0 Å². The van der Waals surface area contributed by atoms with Crippen molar-refractivity contribution in [2.24, 2.45) is 5.92 Å². The van der Waals surface area contributed by atoms with Crippen molar-refractivity contribution in [1.29, 1.82) is 0 Å². The topological polar surface area (TPSA) is 86.6 Å². The van der Waals surface area contributed by atoms with Gasteiger partial charge in [0.1, 0.15) is 11.8 Å². The molecule has 2 aromatic rings. The van der Waals surface area contributed by atoms with E-state index in [1.165, 1.54) is 6.07 Å². The van der Waals surface area contributed by atoms with Crippen LogP contribution in [0.4, 0.5) is 0 Å². The minimum absolute atomic E-state index is 0.0700. The smallest absolute Gasteiger partial charge is 0.326 e.